The highest BCUT2D eigenvalue weighted by molar-refractivity contribution is 6.30. The summed E-state index contributed by atoms with van der Waals surface area (Å²) >= 11 is 6.02. The second-order valence-electron chi connectivity index (χ2n) is 11.7. The molecule has 3 atom stereocenters. The summed E-state index contributed by atoms with van der Waals surface area (Å²) in [6.45, 7) is 1.15. The maximum absolute atomic E-state index is 13.4. The van der Waals surface area contributed by atoms with Crippen LogP contribution in [0, 0.1) is 5.92 Å². The number of alkyl carbamates (subject to hydrolysis) is 1. The van der Waals surface area contributed by atoms with Gasteiger partial charge in [-0.2, -0.15) is 0 Å². The van der Waals surface area contributed by atoms with Gasteiger partial charge in [0.15, 0.2) is 0 Å². The van der Waals surface area contributed by atoms with Crippen LogP contribution in [-0.4, -0.2) is 59.7 Å². The molecular formula is C33H44ClN3O5. The molecule has 1 saturated carbocycles. The molecule has 2 aliphatic rings. The van der Waals surface area contributed by atoms with Crippen LogP contribution < -0.4 is 10.6 Å². The lowest BCUT2D eigenvalue weighted by Gasteiger charge is -2.33. The Hall–Kier alpha value is -3.10. The second-order valence-corrected chi connectivity index (χ2v) is 12.1. The van der Waals surface area contributed by atoms with Crippen molar-refractivity contribution < 1.29 is 24.2 Å². The van der Waals surface area contributed by atoms with Crippen LogP contribution in [0.2, 0.25) is 5.02 Å². The van der Waals surface area contributed by atoms with Gasteiger partial charge >= 0.3 is 6.09 Å². The highest BCUT2D eigenvalue weighted by Gasteiger charge is 2.29. The number of halogens is 1. The molecule has 1 saturated heterocycles. The van der Waals surface area contributed by atoms with E-state index in [0.717, 1.165) is 50.6 Å². The topological polar surface area (TPSA) is 108 Å². The third-order valence-corrected chi connectivity index (χ3v) is 8.71. The van der Waals surface area contributed by atoms with Crippen molar-refractivity contribution in [1.29, 1.82) is 0 Å². The Labute approximate surface area is 254 Å². The molecule has 2 fully saturated rings. The van der Waals surface area contributed by atoms with Gasteiger partial charge in [0.2, 0.25) is 11.8 Å². The lowest BCUT2D eigenvalue weighted by atomic mass is 9.84. The van der Waals surface area contributed by atoms with E-state index in [2.05, 4.69) is 22.8 Å². The van der Waals surface area contributed by atoms with Gasteiger partial charge in [0.1, 0.15) is 12.6 Å². The summed E-state index contributed by atoms with van der Waals surface area (Å²) in [6, 6.07) is 16.0. The molecule has 0 spiro atoms. The summed E-state index contributed by atoms with van der Waals surface area (Å²) in [5, 5.41) is 16.2. The summed E-state index contributed by atoms with van der Waals surface area (Å²) in [5.74, 6) is 0.315. The molecule has 3 amide bonds. The predicted octanol–water partition coefficient (Wildman–Crippen LogP) is 5.57. The second kappa shape index (κ2) is 16.5. The number of benzene rings is 2. The monoisotopic (exact) mass is 597 g/mol. The standard InChI is InChI=1S/C33H44ClN3O5/c34-28-15-7-11-25(19-28)23-42-33(41)36-30(20-24-9-3-1-4-10-24)32(40)35-29(22-38)16-17-31(39)37-18-8-14-27(21-37)26-12-5-2-6-13-26/h2,5-7,11-13,15,19,24,27,29-30,38H,1,3-4,8-10,14,16-18,20-23H2,(H,35,40)(H,36,41)/t27?,29-,30-/m0/s1. The first-order valence-corrected chi connectivity index (χ1v) is 15.7. The molecule has 4 rings (SSSR count). The van der Waals surface area contributed by atoms with Gasteiger partial charge in [0.05, 0.1) is 12.6 Å². The summed E-state index contributed by atoms with van der Waals surface area (Å²) < 4.78 is 5.38. The minimum atomic E-state index is -0.793. The van der Waals surface area contributed by atoms with Crippen LogP contribution >= 0.6 is 11.6 Å². The van der Waals surface area contributed by atoms with Crippen molar-refractivity contribution in [2.24, 2.45) is 5.92 Å². The van der Waals surface area contributed by atoms with Gasteiger partial charge in [-0.3, -0.25) is 9.59 Å². The first-order chi connectivity index (χ1) is 20.4. The Bertz CT molecular complexity index is 1160. The van der Waals surface area contributed by atoms with Crippen LogP contribution in [0.1, 0.15) is 81.3 Å². The molecule has 0 bridgehead atoms. The highest BCUT2D eigenvalue weighted by Crippen LogP contribution is 2.28. The molecule has 228 valence electrons. The highest BCUT2D eigenvalue weighted by atomic mass is 35.5. The predicted molar refractivity (Wildman–Crippen MR) is 163 cm³/mol. The largest absolute Gasteiger partial charge is 0.445 e. The van der Waals surface area contributed by atoms with Crippen molar-refractivity contribution >= 4 is 29.5 Å². The number of ether oxygens (including phenoxy) is 1. The van der Waals surface area contributed by atoms with Crippen LogP contribution in [0.3, 0.4) is 0 Å². The number of aliphatic hydroxyl groups is 1. The van der Waals surface area contributed by atoms with E-state index in [9.17, 15) is 19.5 Å². The zero-order chi connectivity index (χ0) is 29.7. The van der Waals surface area contributed by atoms with Crippen molar-refractivity contribution in [3.05, 3.63) is 70.7 Å². The Morgan fingerprint density at radius 3 is 2.50 bits per heavy atom. The van der Waals surface area contributed by atoms with E-state index in [1.165, 1.54) is 12.0 Å². The Balaban J connectivity index is 1.29. The average molecular weight is 598 g/mol. The smallest absolute Gasteiger partial charge is 0.408 e. The summed E-state index contributed by atoms with van der Waals surface area (Å²) in [4.78, 5) is 41.1. The van der Waals surface area contributed by atoms with Crippen LogP contribution in [-0.2, 0) is 20.9 Å². The molecule has 1 aliphatic carbocycles. The van der Waals surface area contributed by atoms with Gasteiger partial charge in [-0.05, 0) is 54.9 Å². The molecule has 1 aliphatic heterocycles. The normalized spacial score (nSPS) is 19.0. The molecule has 42 heavy (non-hydrogen) atoms. The minimum Gasteiger partial charge on any atom is -0.445 e. The SMILES string of the molecule is O=C(N[C@@H](CC1CCCCC1)C(=O)N[C@H](CO)CCC(=O)N1CCCC(c2ccccc2)C1)OCc1cccc(Cl)c1. The number of piperidine rings is 1. The molecule has 9 heteroatoms. The summed E-state index contributed by atoms with van der Waals surface area (Å²) in [5.41, 5.74) is 2.00. The quantitative estimate of drug-likeness (QED) is 0.296. The van der Waals surface area contributed by atoms with E-state index in [0.29, 0.717) is 36.2 Å². The van der Waals surface area contributed by atoms with Gasteiger partial charge in [-0.25, -0.2) is 4.79 Å². The molecule has 0 radical (unpaired) electrons. The fourth-order valence-electron chi connectivity index (χ4n) is 6.11. The Kier molecular flexibility index (Phi) is 12.5. The van der Waals surface area contributed by atoms with Crippen LogP contribution in [0.15, 0.2) is 54.6 Å². The molecule has 0 aromatic heterocycles. The average Bonchev–Trinajstić information content (AvgIpc) is 3.02. The molecule has 3 N–H and O–H groups in total. The van der Waals surface area contributed by atoms with E-state index in [1.54, 1.807) is 18.2 Å². The lowest BCUT2D eigenvalue weighted by molar-refractivity contribution is -0.133. The summed E-state index contributed by atoms with van der Waals surface area (Å²) in [7, 11) is 0. The van der Waals surface area contributed by atoms with Crippen molar-refractivity contribution in [1.82, 2.24) is 15.5 Å². The zero-order valence-electron chi connectivity index (χ0n) is 24.3. The molecule has 2 aromatic carbocycles. The van der Waals surface area contributed by atoms with E-state index in [-0.39, 0.29) is 31.4 Å². The number of nitrogens with one attached hydrogen (secondary N) is 2. The maximum Gasteiger partial charge on any atom is 0.408 e. The zero-order valence-corrected chi connectivity index (χ0v) is 25.1. The van der Waals surface area contributed by atoms with E-state index in [1.807, 2.05) is 29.2 Å². The number of carbonyl (C=O) groups is 3. The van der Waals surface area contributed by atoms with Crippen molar-refractivity contribution in [3.63, 3.8) is 0 Å². The van der Waals surface area contributed by atoms with Crippen LogP contribution in [0.4, 0.5) is 4.79 Å². The number of carbonyl (C=O) groups excluding carboxylic acids is 3. The number of hydrogen-bond donors (Lipinski definition) is 3. The number of hydrogen-bond acceptors (Lipinski definition) is 5. The fourth-order valence-corrected chi connectivity index (χ4v) is 6.33. The van der Waals surface area contributed by atoms with E-state index in [4.69, 9.17) is 16.3 Å². The number of rotatable bonds is 12. The van der Waals surface area contributed by atoms with Crippen LogP contribution in [0.5, 0.6) is 0 Å². The Morgan fingerprint density at radius 1 is 0.976 bits per heavy atom. The fraction of sp³-hybridized carbons (Fsp3) is 0.545. The number of likely N-dealkylation sites (tertiary alicyclic amines) is 1. The number of nitrogens with zero attached hydrogens (tertiary/aromatic N) is 1. The molecule has 2 aromatic rings. The maximum atomic E-state index is 13.4. The lowest BCUT2D eigenvalue weighted by Crippen LogP contribution is -2.51. The molecule has 1 unspecified atom stereocenters. The van der Waals surface area contributed by atoms with Gasteiger partial charge in [-0.15, -0.1) is 0 Å². The third-order valence-electron chi connectivity index (χ3n) is 8.48. The van der Waals surface area contributed by atoms with Gasteiger partial charge in [-0.1, -0.05) is 86.2 Å². The van der Waals surface area contributed by atoms with Gasteiger partial charge in [0, 0.05) is 30.5 Å². The third kappa shape index (κ3) is 10.0. The van der Waals surface area contributed by atoms with E-state index >= 15 is 0 Å². The van der Waals surface area contributed by atoms with Crippen molar-refractivity contribution in [2.75, 3.05) is 19.7 Å². The van der Waals surface area contributed by atoms with Gasteiger partial charge in [0.25, 0.3) is 0 Å². The van der Waals surface area contributed by atoms with Crippen LogP contribution in [0.25, 0.3) is 0 Å². The summed E-state index contributed by atoms with van der Waals surface area (Å²) in [6.07, 6.45) is 7.82. The molecule has 8 nitrogen and oxygen atoms in total. The first kappa shape index (κ1) is 31.8. The van der Waals surface area contributed by atoms with Crippen molar-refractivity contribution in [2.45, 2.75) is 88.8 Å². The molecular weight excluding hydrogens is 554 g/mol. The van der Waals surface area contributed by atoms with Crippen molar-refractivity contribution in [3.8, 4) is 0 Å². The number of amides is 3. The minimum absolute atomic E-state index is 0.0322. The number of aliphatic hydroxyl groups excluding tert-OH is 1. The Morgan fingerprint density at radius 2 is 1.76 bits per heavy atom. The van der Waals surface area contributed by atoms with Gasteiger partial charge < -0.3 is 25.4 Å². The molecule has 1 heterocycles. The van der Waals surface area contributed by atoms with E-state index < -0.39 is 18.2 Å². The first-order valence-electron chi connectivity index (χ1n) is 15.3.